The molecule has 0 aliphatic carbocycles. The molecular formula is C18H22Cl2N2O2. The molecule has 2 bridgehead atoms. The van der Waals surface area contributed by atoms with Crippen molar-refractivity contribution < 1.29 is 9.53 Å². The Hall–Kier alpha value is -0.810. The molecule has 0 aromatic heterocycles. The number of nitrogens with zero attached hydrogens (tertiary/aromatic N) is 2. The minimum absolute atomic E-state index is 0.0399. The number of carbonyl (C=O) groups excluding carboxylic acids is 1. The Bertz CT molecular complexity index is 681. The van der Waals surface area contributed by atoms with Crippen molar-refractivity contribution in [2.24, 2.45) is 11.8 Å². The fourth-order valence-electron chi connectivity index (χ4n) is 4.85. The summed E-state index contributed by atoms with van der Waals surface area (Å²) < 4.78 is 6.39. The van der Waals surface area contributed by atoms with E-state index >= 15 is 0 Å². The molecule has 130 valence electrons. The van der Waals surface area contributed by atoms with Crippen LogP contribution in [0.15, 0.2) is 18.2 Å². The number of hydrogen-bond donors (Lipinski definition) is 0. The smallest absolute Gasteiger partial charge is 0.255 e. The molecule has 3 fully saturated rings. The molecule has 3 aliphatic rings. The highest BCUT2D eigenvalue weighted by molar-refractivity contribution is 6.43. The average Bonchev–Trinajstić information content (AvgIpc) is 3.18. The number of ether oxygens (including phenoxy) is 1. The Balaban J connectivity index is 1.58. The van der Waals surface area contributed by atoms with E-state index in [2.05, 4.69) is 19.0 Å². The maximum Gasteiger partial charge on any atom is 0.255 e. The van der Waals surface area contributed by atoms with E-state index in [1.165, 1.54) is 0 Å². The summed E-state index contributed by atoms with van der Waals surface area (Å²) in [5.41, 5.74) is 0.339. The maximum absolute atomic E-state index is 13.0. The Labute approximate surface area is 152 Å². The van der Waals surface area contributed by atoms with Crippen molar-refractivity contribution in [3.63, 3.8) is 0 Å². The number of fused-ring (bicyclic) bond motifs is 1. The van der Waals surface area contributed by atoms with Gasteiger partial charge >= 0.3 is 0 Å². The SMILES string of the molecule is CN(C)C[C@H]1[C@H]2CN(C(=O)c3cccc(Cl)c3Cl)C[C@]23CC[C@H]1O3. The minimum atomic E-state index is -0.147. The number of carbonyl (C=O) groups is 1. The van der Waals surface area contributed by atoms with E-state index in [9.17, 15) is 4.79 Å². The van der Waals surface area contributed by atoms with E-state index in [1.54, 1.807) is 18.2 Å². The molecule has 0 unspecified atom stereocenters. The summed E-state index contributed by atoms with van der Waals surface area (Å²) in [6.07, 6.45) is 2.51. The highest BCUT2D eigenvalue weighted by Crippen LogP contribution is 2.55. The quantitative estimate of drug-likeness (QED) is 0.821. The first-order chi connectivity index (χ1) is 11.4. The van der Waals surface area contributed by atoms with Crippen molar-refractivity contribution in [2.75, 3.05) is 33.7 Å². The van der Waals surface area contributed by atoms with Gasteiger partial charge in [0.25, 0.3) is 5.91 Å². The number of amides is 1. The second-order valence-electron chi connectivity index (χ2n) is 7.58. The summed E-state index contributed by atoms with van der Waals surface area (Å²) >= 11 is 12.3. The van der Waals surface area contributed by atoms with Crippen molar-refractivity contribution in [2.45, 2.75) is 24.5 Å². The predicted molar refractivity (Wildman–Crippen MR) is 94.7 cm³/mol. The van der Waals surface area contributed by atoms with Gasteiger partial charge in [0.15, 0.2) is 0 Å². The van der Waals surface area contributed by atoms with Crippen molar-refractivity contribution in [3.8, 4) is 0 Å². The second kappa shape index (κ2) is 5.87. The third-order valence-electron chi connectivity index (χ3n) is 5.83. The fraction of sp³-hybridized carbons (Fsp3) is 0.611. The van der Waals surface area contributed by atoms with Gasteiger partial charge in [-0.3, -0.25) is 4.79 Å². The lowest BCUT2D eigenvalue weighted by Crippen LogP contribution is -2.40. The van der Waals surface area contributed by atoms with Gasteiger partial charge < -0.3 is 14.5 Å². The van der Waals surface area contributed by atoms with Crippen molar-refractivity contribution in [1.82, 2.24) is 9.80 Å². The van der Waals surface area contributed by atoms with Crippen LogP contribution in [0.5, 0.6) is 0 Å². The van der Waals surface area contributed by atoms with Crippen LogP contribution in [-0.4, -0.2) is 61.1 Å². The van der Waals surface area contributed by atoms with Gasteiger partial charge in [0.2, 0.25) is 0 Å². The van der Waals surface area contributed by atoms with Crippen molar-refractivity contribution >= 4 is 29.1 Å². The molecule has 1 spiro atoms. The number of halogens is 2. The lowest BCUT2D eigenvalue weighted by molar-refractivity contribution is 0.00256. The normalized spacial score (nSPS) is 34.2. The third-order valence-corrected chi connectivity index (χ3v) is 6.65. The predicted octanol–water partition coefficient (Wildman–Crippen LogP) is 3.17. The van der Waals surface area contributed by atoms with Gasteiger partial charge in [-0.25, -0.2) is 0 Å². The lowest BCUT2D eigenvalue weighted by Gasteiger charge is -2.30. The van der Waals surface area contributed by atoms with E-state index in [0.29, 0.717) is 40.1 Å². The topological polar surface area (TPSA) is 32.8 Å². The highest BCUT2D eigenvalue weighted by atomic mass is 35.5. The first-order valence-corrected chi connectivity index (χ1v) is 9.23. The third kappa shape index (κ3) is 2.47. The van der Waals surface area contributed by atoms with E-state index in [1.807, 2.05) is 4.90 Å². The summed E-state index contributed by atoms with van der Waals surface area (Å²) in [7, 11) is 4.20. The molecule has 1 aromatic rings. The largest absolute Gasteiger partial charge is 0.369 e. The highest BCUT2D eigenvalue weighted by Gasteiger charge is 2.63. The molecule has 4 nitrogen and oxygen atoms in total. The molecule has 0 radical (unpaired) electrons. The number of likely N-dealkylation sites (tertiary alicyclic amines) is 1. The van der Waals surface area contributed by atoms with Crippen LogP contribution in [0.2, 0.25) is 10.0 Å². The molecule has 24 heavy (non-hydrogen) atoms. The summed E-state index contributed by atoms with van der Waals surface area (Å²) in [6, 6.07) is 5.22. The molecule has 0 N–H and O–H groups in total. The lowest BCUT2D eigenvalue weighted by atomic mass is 9.73. The maximum atomic E-state index is 13.0. The van der Waals surface area contributed by atoms with Crippen molar-refractivity contribution in [1.29, 1.82) is 0 Å². The first-order valence-electron chi connectivity index (χ1n) is 8.47. The molecule has 3 heterocycles. The van der Waals surface area contributed by atoms with Crippen LogP contribution in [0.25, 0.3) is 0 Å². The zero-order valence-electron chi connectivity index (χ0n) is 14.0. The Morgan fingerprint density at radius 3 is 2.96 bits per heavy atom. The summed E-state index contributed by atoms with van der Waals surface area (Å²) in [5.74, 6) is 0.879. The fourth-order valence-corrected chi connectivity index (χ4v) is 5.23. The van der Waals surface area contributed by atoms with Crippen LogP contribution in [0.3, 0.4) is 0 Å². The van der Waals surface area contributed by atoms with Gasteiger partial charge in [-0.2, -0.15) is 0 Å². The Morgan fingerprint density at radius 2 is 2.21 bits per heavy atom. The molecular weight excluding hydrogens is 347 g/mol. The van der Waals surface area contributed by atoms with Gasteiger partial charge in [-0.05, 0) is 39.1 Å². The van der Waals surface area contributed by atoms with Gasteiger partial charge in [0.1, 0.15) is 0 Å². The minimum Gasteiger partial charge on any atom is -0.369 e. The van der Waals surface area contributed by atoms with E-state index in [-0.39, 0.29) is 11.5 Å². The van der Waals surface area contributed by atoms with Crippen LogP contribution in [0, 0.1) is 11.8 Å². The van der Waals surface area contributed by atoms with Crippen LogP contribution in [0.4, 0.5) is 0 Å². The average molecular weight is 369 g/mol. The Kier molecular flexibility index (Phi) is 4.07. The molecule has 3 aliphatic heterocycles. The van der Waals surface area contributed by atoms with Crippen molar-refractivity contribution in [3.05, 3.63) is 33.8 Å². The van der Waals surface area contributed by atoms with Crippen LogP contribution in [0.1, 0.15) is 23.2 Å². The molecule has 4 rings (SSSR count). The first kappa shape index (κ1) is 16.6. The van der Waals surface area contributed by atoms with Gasteiger partial charge in [0, 0.05) is 24.9 Å². The monoisotopic (exact) mass is 368 g/mol. The van der Waals surface area contributed by atoms with Crippen LogP contribution < -0.4 is 0 Å². The van der Waals surface area contributed by atoms with E-state index < -0.39 is 0 Å². The molecule has 0 saturated carbocycles. The molecule has 1 aromatic carbocycles. The molecule has 3 saturated heterocycles. The van der Waals surface area contributed by atoms with Gasteiger partial charge in [-0.1, -0.05) is 29.3 Å². The van der Waals surface area contributed by atoms with E-state index in [0.717, 1.165) is 25.9 Å². The number of rotatable bonds is 3. The zero-order chi connectivity index (χ0) is 17.1. The van der Waals surface area contributed by atoms with Crippen LogP contribution in [-0.2, 0) is 4.74 Å². The second-order valence-corrected chi connectivity index (χ2v) is 8.36. The number of hydrogen-bond acceptors (Lipinski definition) is 3. The summed E-state index contributed by atoms with van der Waals surface area (Å²) in [4.78, 5) is 17.1. The Morgan fingerprint density at radius 1 is 1.42 bits per heavy atom. The summed E-state index contributed by atoms with van der Waals surface area (Å²) in [5, 5.41) is 0.761. The number of benzene rings is 1. The zero-order valence-corrected chi connectivity index (χ0v) is 15.5. The summed E-state index contributed by atoms with van der Waals surface area (Å²) in [6.45, 7) is 2.42. The van der Waals surface area contributed by atoms with Gasteiger partial charge in [0.05, 0.1) is 33.9 Å². The molecule has 1 amide bonds. The van der Waals surface area contributed by atoms with Crippen LogP contribution >= 0.6 is 23.2 Å². The van der Waals surface area contributed by atoms with E-state index in [4.69, 9.17) is 27.9 Å². The molecule has 4 atom stereocenters. The molecule has 6 heteroatoms. The van der Waals surface area contributed by atoms with Gasteiger partial charge in [-0.15, -0.1) is 0 Å². The standard InChI is InChI=1S/C18H22Cl2N2O2/c1-21(2)8-12-13-9-22(10-18(13)7-6-15(12)24-18)17(23)11-4-3-5-14(19)16(11)20/h3-5,12-13,15H,6-10H2,1-2H3/t12-,13+,15+,18+/m0/s1.